The molecule has 1 heterocycles. The van der Waals surface area contributed by atoms with E-state index in [-0.39, 0.29) is 12.1 Å². The first kappa shape index (κ1) is 19.8. The molecule has 24 heavy (non-hydrogen) atoms. The van der Waals surface area contributed by atoms with E-state index in [9.17, 15) is 9.59 Å². The number of hydrogen-bond acceptors (Lipinski definition) is 5. The second kappa shape index (κ2) is 8.56. The maximum atomic E-state index is 11.8. The van der Waals surface area contributed by atoms with E-state index in [2.05, 4.69) is 21.1 Å². The number of ether oxygens (including phenoxy) is 1. The van der Waals surface area contributed by atoms with E-state index >= 15 is 0 Å². The van der Waals surface area contributed by atoms with Gasteiger partial charge in [-0.25, -0.2) is 9.59 Å². The molecule has 3 N–H and O–H groups in total. The third kappa shape index (κ3) is 7.34. The van der Waals surface area contributed by atoms with Crippen molar-refractivity contribution in [2.45, 2.75) is 59.6 Å². The maximum absolute atomic E-state index is 11.8. The number of carbonyl (C=O) groups excluding carboxylic acids is 2. The number of carbonyl (C=O) groups is 2. The van der Waals surface area contributed by atoms with Gasteiger partial charge in [0, 0.05) is 24.7 Å². The van der Waals surface area contributed by atoms with Crippen LogP contribution >= 0.6 is 0 Å². The quantitative estimate of drug-likeness (QED) is 0.687. The van der Waals surface area contributed by atoms with Crippen LogP contribution in [0.4, 0.5) is 9.59 Å². The van der Waals surface area contributed by atoms with E-state index in [0.717, 1.165) is 17.0 Å². The summed E-state index contributed by atoms with van der Waals surface area (Å²) in [4.78, 5) is 23.3. The molecule has 0 radical (unpaired) electrons. The van der Waals surface area contributed by atoms with Gasteiger partial charge in [0.2, 0.25) is 0 Å². The minimum absolute atomic E-state index is 0.0689. The molecule has 0 aliphatic rings. The van der Waals surface area contributed by atoms with Crippen LogP contribution in [0.2, 0.25) is 0 Å². The third-order valence-corrected chi connectivity index (χ3v) is 3.15. The highest BCUT2D eigenvalue weighted by Gasteiger charge is 2.16. The summed E-state index contributed by atoms with van der Waals surface area (Å²) >= 11 is 0. The van der Waals surface area contributed by atoms with Gasteiger partial charge in [0.15, 0.2) is 0 Å². The zero-order valence-electron chi connectivity index (χ0n) is 15.3. The molecule has 1 unspecified atom stereocenters. The summed E-state index contributed by atoms with van der Waals surface area (Å²) in [5.74, 6) is 0.767. The van der Waals surface area contributed by atoms with Crippen molar-refractivity contribution in [1.29, 1.82) is 0 Å². The van der Waals surface area contributed by atoms with E-state index in [1.165, 1.54) is 0 Å². The van der Waals surface area contributed by atoms with Gasteiger partial charge in [-0.05, 0) is 48.0 Å². The second-order valence-corrected chi connectivity index (χ2v) is 6.74. The Balaban J connectivity index is 2.23. The molecule has 1 atom stereocenters. The molecule has 0 aliphatic carbocycles. The number of alkyl carbamates (subject to hydrolysis) is 1. The average molecular weight is 340 g/mol. The molecule has 1 aromatic heterocycles. The van der Waals surface area contributed by atoms with Crippen LogP contribution in [-0.4, -0.2) is 42.0 Å². The minimum atomic E-state index is -0.539. The standard InChI is InChI=1S/C16H28N4O4/c1-10(9-13-11(2)20-24-12(13)3)19-14(21)17-7-8-18-15(22)23-16(4,5)6/h10H,7-9H2,1-6H3,(H,18,22)(H2,17,19,21). The van der Waals surface area contributed by atoms with Crippen molar-refractivity contribution in [3.63, 3.8) is 0 Å². The van der Waals surface area contributed by atoms with Gasteiger partial charge in [-0.15, -0.1) is 0 Å². The summed E-state index contributed by atoms with van der Waals surface area (Å²) in [5.41, 5.74) is 1.31. The molecular weight excluding hydrogens is 312 g/mol. The number of nitrogens with zero attached hydrogens (tertiary/aromatic N) is 1. The predicted octanol–water partition coefficient (Wildman–Crippen LogP) is 2.05. The molecule has 0 saturated carbocycles. The van der Waals surface area contributed by atoms with Gasteiger partial charge in [0.05, 0.1) is 5.69 Å². The highest BCUT2D eigenvalue weighted by atomic mass is 16.6. The van der Waals surface area contributed by atoms with Crippen LogP contribution in [0.15, 0.2) is 4.52 Å². The Hall–Kier alpha value is -2.25. The van der Waals surface area contributed by atoms with Gasteiger partial charge in [-0.3, -0.25) is 0 Å². The van der Waals surface area contributed by atoms with Crippen molar-refractivity contribution >= 4 is 12.1 Å². The van der Waals surface area contributed by atoms with Crippen LogP contribution < -0.4 is 16.0 Å². The van der Waals surface area contributed by atoms with Crippen molar-refractivity contribution < 1.29 is 18.8 Å². The van der Waals surface area contributed by atoms with E-state index in [1.54, 1.807) is 20.8 Å². The number of rotatable bonds is 6. The first-order valence-corrected chi connectivity index (χ1v) is 8.01. The van der Waals surface area contributed by atoms with E-state index in [4.69, 9.17) is 9.26 Å². The lowest BCUT2D eigenvalue weighted by Crippen LogP contribution is -2.44. The molecule has 0 bridgehead atoms. The molecule has 0 aliphatic heterocycles. The first-order valence-electron chi connectivity index (χ1n) is 8.01. The lowest BCUT2D eigenvalue weighted by atomic mass is 10.1. The van der Waals surface area contributed by atoms with Crippen molar-refractivity contribution in [3.8, 4) is 0 Å². The van der Waals surface area contributed by atoms with Crippen molar-refractivity contribution in [2.75, 3.05) is 13.1 Å². The number of aromatic nitrogens is 1. The maximum Gasteiger partial charge on any atom is 0.407 e. The third-order valence-electron chi connectivity index (χ3n) is 3.15. The fourth-order valence-corrected chi connectivity index (χ4v) is 2.08. The SMILES string of the molecule is Cc1noc(C)c1CC(C)NC(=O)NCCNC(=O)OC(C)(C)C. The monoisotopic (exact) mass is 340 g/mol. The van der Waals surface area contributed by atoms with Crippen LogP contribution in [0.25, 0.3) is 0 Å². The number of hydrogen-bond donors (Lipinski definition) is 3. The minimum Gasteiger partial charge on any atom is -0.444 e. The molecule has 136 valence electrons. The van der Waals surface area contributed by atoms with Crippen LogP contribution in [0, 0.1) is 13.8 Å². The molecule has 0 fully saturated rings. The fourth-order valence-electron chi connectivity index (χ4n) is 2.08. The first-order chi connectivity index (χ1) is 11.1. The summed E-state index contributed by atoms with van der Waals surface area (Å²) in [5, 5.41) is 12.0. The summed E-state index contributed by atoms with van der Waals surface area (Å²) in [7, 11) is 0. The molecule has 8 nitrogen and oxygen atoms in total. The van der Waals surface area contributed by atoms with Crippen LogP contribution in [0.3, 0.4) is 0 Å². The number of nitrogens with one attached hydrogen (secondary N) is 3. The molecular formula is C16H28N4O4. The second-order valence-electron chi connectivity index (χ2n) is 6.74. The Labute approximate surface area is 142 Å². The lowest BCUT2D eigenvalue weighted by Gasteiger charge is -2.19. The zero-order chi connectivity index (χ0) is 18.3. The van der Waals surface area contributed by atoms with Gasteiger partial charge >= 0.3 is 12.1 Å². The smallest absolute Gasteiger partial charge is 0.407 e. The van der Waals surface area contributed by atoms with Crippen LogP contribution in [-0.2, 0) is 11.2 Å². The molecule has 0 aromatic carbocycles. The molecule has 8 heteroatoms. The van der Waals surface area contributed by atoms with Gasteiger partial charge in [-0.1, -0.05) is 5.16 Å². The van der Waals surface area contributed by atoms with E-state index in [0.29, 0.717) is 19.5 Å². The van der Waals surface area contributed by atoms with Crippen LogP contribution in [0.1, 0.15) is 44.7 Å². The van der Waals surface area contributed by atoms with E-state index < -0.39 is 11.7 Å². The lowest BCUT2D eigenvalue weighted by molar-refractivity contribution is 0.0528. The summed E-state index contributed by atoms with van der Waals surface area (Å²) < 4.78 is 10.2. The highest BCUT2D eigenvalue weighted by molar-refractivity contribution is 5.74. The fraction of sp³-hybridized carbons (Fsp3) is 0.688. The topological polar surface area (TPSA) is 105 Å². The van der Waals surface area contributed by atoms with Gasteiger partial charge in [-0.2, -0.15) is 0 Å². The number of aryl methyl sites for hydroxylation is 2. The molecule has 1 aromatic rings. The van der Waals surface area contributed by atoms with Crippen molar-refractivity contribution in [3.05, 3.63) is 17.0 Å². The summed E-state index contributed by atoms with van der Waals surface area (Å²) in [6, 6.07) is -0.360. The number of urea groups is 1. The molecule has 1 rings (SSSR count). The molecule has 3 amide bonds. The van der Waals surface area contributed by atoms with Gasteiger partial charge < -0.3 is 25.2 Å². The molecule has 0 spiro atoms. The van der Waals surface area contributed by atoms with Gasteiger partial charge in [0.25, 0.3) is 0 Å². The molecule has 0 saturated heterocycles. The van der Waals surface area contributed by atoms with Crippen molar-refractivity contribution in [1.82, 2.24) is 21.1 Å². The van der Waals surface area contributed by atoms with E-state index in [1.807, 2.05) is 20.8 Å². The Morgan fingerprint density at radius 1 is 1.21 bits per heavy atom. The Bertz CT molecular complexity index is 543. The zero-order valence-corrected chi connectivity index (χ0v) is 15.3. The Morgan fingerprint density at radius 3 is 2.38 bits per heavy atom. The predicted molar refractivity (Wildman–Crippen MR) is 89.9 cm³/mol. The van der Waals surface area contributed by atoms with Gasteiger partial charge in [0.1, 0.15) is 11.4 Å². The normalized spacial score (nSPS) is 12.4. The summed E-state index contributed by atoms with van der Waals surface area (Å²) in [6.07, 6.45) is 0.140. The Kier molecular flexibility index (Phi) is 7.06. The summed E-state index contributed by atoms with van der Waals surface area (Å²) in [6.45, 7) is 11.6. The largest absolute Gasteiger partial charge is 0.444 e. The average Bonchev–Trinajstić information content (AvgIpc) is 2.73. The van der Waals surface area contributed by atoms with Crippen molar-refractivity contribution in [2.24, 2.45) is 0 Å². The van der Waals surface area contributed by atoms with Crippen LogP contribution in [0.5, 0.6) is 0 Å². The Morgan fingerprint density at radius 2 is 1.83 bits per heavy atom. The number of amides is 3. The highest BCUT2D eigenvalue weighted by Crippen LogP contribution is 2.14.